The van der Waals surface area contributed by atoms with Crippen molar-refractivity contribution in [1.29, 1.82) is 0 Å². The summed E-state index contributed by atoms with van der Waals surface area (Å²) in [6, 6.07) is 12.4. The van der Waals surface area contributed by atoms with Crippen LogP contribution in [-0.2, 0) is 22.7 Å². The van der Waals surface area contributed by atoms with Gasteiger partial charge in [0.1, 0.15) is 18.2 Å². The van der Waals surface area contributed by atoms with Gasteiger partial charge in [-0.05, 0) is 54.8 Å². The van der Waals surface area contributed by atoms with Crippen molar-refractivity contribution < 1.29 is 18.3 Å². The SMILES string of the molecule is O=C(OCc1ccc(F)cc1)[C@@H]1CCCN(Cc2ccc(F)cc2)C1. The molecule has 3 rings (SSSR count). The number of halogens is 2. The molecule has 1 aliphatic rings. The monoisotopic (exact) mass is 345 g/mol. The lowest BCUT2D eigenvalue weighted by Gasteiger charge is -2.31. The van der Waals surface area contributed by atoms with Crippen molar-refractivity contribution in [3.8, 4) is 0 Å². The Hall–Kier alpha value is -2.27. The van der Waals surface area contributed by atoms with E-state index >= 15 is 0 Å². The van der Waals surface area contributed by atoms with Crippen molar-refractivity contribution in [3.63, 3.8) is 0 Å². The Balaban J connectivity index is 1.50. The Labute approximate surface area is 146 Å². The molecule has 0 bridgehead atoms. The van der Waals surface area contributed by atoms with Crippen molar-refractivity contribution in [2.24, 2.45) is 5.92 Å². The molecule has 1 heterocycles. The highest BCUT2D eigenvalue weighted by Gasteiger charge is 2.27. The minimum absolute atomic E-state index is 0.158. The molecule has 2 aromatic carbocycles. The maximum Gasteiger partial charge on any atom is 0.310 e. The van der Waals surface area contributed by atoms with Gasteiger partial charge >= 0.3 is 5.97 Å². The van der Waals surface area contributed by atoms with Gasteiger partial charge in [0.25, 0.3) is 0 Å². The predicted octanol–water partition coefficient (Wildman–Crippen LogP) is 3.92. The molecule has 25 heavy (non-hydrogen) atoms. The molecule has 0 spiro atoms. The second-order valence-corrected chi connectivity index (χ2v) is 6.43. The molecule has 0 radical (unpaired) electrons. The van der Waals surface area contributed by atoms with Gasteiger partial charge in [-0.25, -0.2) is 8.78 Å². The largest absolute Gasteiger partial charge is 0.461 e. The van der Waals surface area contributed by atoms with Gasteiger partial charge in [-0.15, -0.1) is 0 Å². The third-order valence-electron chi connectivity index (χ3n) is 4.45. The zero-order valence-corrected chi connectivity index (χ0v) is 14.0. The van der Waals surface area contributed by atoms with Gasteiger partial charge in [0, 0.05) is 13.1 Å². The first-order valence-electron chi connectivity index (χ1n) is 8.48. The van der Waals surface area contributed by atoms with Crippen molar-refractivity contribution in [3.05, 3.63) is 71.3 Å². The number of carbonyl (C=O) groups excluding carboxylic acids is 1. The zero-order chi connectivity index (χ0) is 17.6. The molecule has 3 nitrogen and oxygen atoms in total. The van der Waals surface area contributed by atoms with Crippen molar-refractivity contribution >= 4 is 5.97 Å². The summed E-state index contributed by atoms with van der Waals surface area (Å²) in [5.74, 6) is -0.925. The van der Waals surface area contributed by atoms with E-state index in [0.717, 1.165) is 30.5 Å². The van der Waals surface area contributed by atoms with Gasteiger partial charge in [0.2, 0.25) is 0 Å². The molecule has 1 fully saturated rings. The van der Waals surface area contributed by atoms with E-state index in [4.69, 9.17) is 4.74 Å². The molecule has 132 valence electrons. The molecule has 0 aromatic heterocycles. The zero-order valence-electron chi connectivity index (χ0n) is 14.0. The lowest BCUT2D eigenvalue weighted by Crippen LogP contribution is -2.38. The van der Waals surface area contributed by atoms with Crippen LogP contribution >= 0.6 is 0 Å². The van der Waals surface area contributed by atoms with Crippen LogP contribution in [0.15, 0.2) is 48.5 Å². The fraction of sp³-hybridized carbons (Fsp3) is 0.350. The topological polar surface area (TPSA) is 29.5 Å². The average Bonchev–Trinajstić information content (AvgIpc) is 2.63. The first-order chi connectivity index (χ1) is 12.1. The number of likely N-dealkylation sites (tertiary alicyclic amines) is 1. The highest BCUT2D eigenvalue weighted by Crippen LogP contribution is 2.20. The highest BCUT2D eigenvalue weighted by molar-refractivity contribution is 5.72. The second kappa shape index (κ2) is 8.21. The van der Waals surface area contributed by atoms with Crippen LogP contribution in [-0.4, -0.2) is 24.0 Å². The van der Waals surface area contributed by atoms with Crippen molar-refractivity contribution in [2.75, 3.05) is 13.1 Å². The fourth-order valence-corrected chi connectivity index (χ4v) is 3.09. The summed E-state index contributed by atoms with van der Waals surface area (Å²) < 4.78 is 31.3. The first-order valence-corrected chi connectivity index (χ1v) is 8.48. The number of nitrogens with zero attached hydrogens (tertiary/aromatic N) is 1. The third-order valence-corrected chi connectivity index (χ3v) is 4.45. The van der Waals surface area contributed by atoms with Crippen molar-refractivity contribution in [2.45, 2.75) is 26.0 Å². The highest BCUT2D eigenvalue weighted by atomic mass is 19.1. The van der Waals surface area contributed by atoms with Crippen LogP contribution < -0.4 is 0 Å². The van der Waals surface area contributed by atoms with E-state index in [1.54, 1.807) is 24.3 Å². The lowest BCUT2D eigenvalue weighted by molar-refractivity contribution is -0.151. The van der Waals surface area contributed by atoms with Crippen LogP contribution in [0.25, 0.3) is 0 Å². The molecule has 1 atom stereocenters. The average molecular weight is 345 g/mol. The lowest BCUT2D eigenvalue weighted by atomic mass is 9.97. The summed E-state index contributed by atoms with van der Waals surface area (Å²) in [5, 5.41) is 0. The Bertz CT molecular complexity index is 701. The molecule has 1 aliphatic heterocycles. The summed E-state index contributed by atoms with van der Waals surface area (Å²) in [7, 11) is 0. The van der Waals surface area contributed by atoms with Gasteiger partial charge < -0.3 is 4.74 Å². The molecule has 0 N–H and O–H groups in total. The number of carbonyl (C=O) groups is 1. The number of benzene rings is 2. The minimum Gasteiger partial charge on any atom is -0.461 e. The standard InChI is InChI=1S/C20H21F2NO2/c21-18-7-3-15(4-8-18)12-23-11-1-2-17(13-23)20(24)25-14-16-5-9-19(22)10-6-16/h3-10,17H,1-2,11-14H2/t17-/m1/s1. The maximum absolute atomic E-state index is 13.0. The minimum atomic E-state index is -0.307. The van der Waals surface area contributed by atoms with Crippen LogP contribution in [0.5, 0.6) is 0 Å². The third kappa shape index (κ3) is 5.10. The summed E-state index contributed by atoms with van der Waals surface area (Å²) in [4.78, 5) is 14.5. The van der Waals surface area contributed by atoms with E-state index in [-0.39, 0.29) is 30.1 Å². The van der Waals surface area contributed by atoms with E-state index in [2.05, 4.69) is 4.90 Å². The van der Waals surface area contributed by atoms with E-state index in [1.807, 2.05) is 0 Å². The van der Waals surface area contributed by atoms with E-state index < -0.39 is 0 Å². The molecule has 2 aromatic rings. The van der Waals surface area contributed by atoms with Gasteiger partial charge in [0.15, 0.2) is 0 Å². The summed E-state index contributed by atoms with van der Waals surface area (Å²) in [6.07, 6.45) is 1.74. The number of ether oxygens (including phenoxy) is 1. The number of piperidine rings is 1. The Morgan fingerprint density at radius 1 is 1.00 bits per heavy atom. The molecule has 0 saturated carbocycles. The Kier molecular flexibility index (Phi) is 5.76. The van der Waals surface area contributed by atoms with Gasteiger partial charge in [-0.2, -0.15) is 0 Å². The molecule has 1 saturated heterocycles. The molecule has 0 aliphatic carbocycles. The quantitative estimate of drug-likeness (QED) is 0.769. The summed E-state index contributed by atoms with van der Waals surface area (Å²) in [6.45, 7) is 2.41. The van der Waals surface area contributed by atoms with Crippen LogP contribution in [0.3, 0.4) is 0 Å². The number of hydrogen-bond acceptors (Lipinski definition) is 3. The van der Waals surface area contributed by atoms with E-state index in [1.165, 1.54) is 24.3 Å². The molecular weight excluding hydrogens is 324 g/mol. The molecular formula is C20H21F2NO2. The normalized spacial score (nSPS) is 18.1. The fourth-order valence-electron chi connectivity index (χ4n) is 3.09. The van der Waals surface area contributed by atoms with Crippen LogP contribution in [0.2, 0.25) is 0 Å². The van der Waals surface area contributed by atoms with Crippen LogP contribution in [0.4, 0.5) is 8.78 Å². The summed E-state index contributed by atoms with van der Waals surface area (Å²) >= 11 is 0. The van der Waals surface area contributed by atoms with Gasteiger partial charge in [0.05, 0.1) is 5.92 Å². The molecule has 0 amide bonds. The molecule has 5 heteroatoms. The Morgan fingerprint density at radius 3 is 2.24 bits per heavy atom. The van der Waals surface area contributed by atoms with Crippen molar-refractivity contribution in [1.82, 2.24) is 4.90 Å². The first kappa shape index (κ1) is 17.5. The number of rotatable bonds is 5. The number of hydrogen-bond donors (Lipinski definition) is 0. The van der Waals surface area contributed by atoms with E-state index in [9.17, 15) is 13.6 Å². The predicted molar refractivity (Wildman–Crippen MR) is 90.6 cm³/mol. The van der Waals surface area contributed by atoms with Gasteiger partial charge in [-0.1, -0.05) is 24.3 Å². The van der Waals surface area contributed by atoms with Gasteiger partial charge in [-0.3, -0.25) is 9.69 Å². The smallest absolute Gasteiger partial charge is 0.310 e. The van der Waals surface area contributed by atoms with Crippen LogP contribution in [0.1, 0.15) is 24.0 Å². The molecule has 0 unspecified atom stereocenters. The second-order valence-electron chi connectivity index (χ2n) is 6.43. The van der Waals surface area contributed by atoms with Crippen LogP contribution in [0, 0.1) is 17.6 Å². The summed E-state index contributed by atoms with van der Waals surface area (Å²) in [5.41, 5.74) is 1.80. The maximum atomic E-state index is 13.0. The Morgan fingerprint density at radius 2 is 1.60 bits per heavy atom. The van der Waals surface area contributed by atoms with E-state index in [0.29, 0.717) is 13.1 Å². The number of esters is 1.